The smallest absolute Gasteiger partial charge is 0.371 e. The van der Waals surface area contributed by atoms with Gasteiger partial charge in [-0.25, -0.2) is 9.59 Å². The molecule has 0 saturated heterocycles. The van der Waals surface area contributed by atoms with Crippen molar-refractivity contribution in [1.82, 2.24) is 0 Å². The van der Waals surface area contributed by atoms with Gasteiger partial charge in [0.25, 0.3) is 0 Å². The summed E-state index contributed by atoms with van der Waals surface area (Å²) in [6.07, 6.45) is -0.213. The monoisotopic (exact) mass is 202 g/mol. The number of hydrogen-bond donors (Lipinski definition) is 0. The second kappa shape index (κ2) is 6.46. The molecule has 0 aliphatic heterocycles. The maximum Gasteiger partial charge on any atom is 0.371 e. The number of carbonyl (C=O) groups is 5. The van der Waals surface area contributed by atoms with E-state index in [9.17, 15) is 24.0 Å². The molecule has 0 unspecified atom stereocenters. The Hall–Kier alpha value is -2.05. The maximum atomic E-state index is 10.7. The average molecular weight is 202 g/mol. The topological polar surface area (TPSA) is 104 Å². The number of ketones is 1. The number of aldehydes is 2. The largest absolute Gasteiger partial charge is 0.452 e. The fourth-order valence-corrected chi connectivity index (χ4v) is 0.413. The molecule has 7 nitrogen and oxygen atoms in total. The second-order valence-corrected chi connectivity index (χ2v) is 1.99. The van der Waals surface area contributed by atoms with Crippen LogP contribution < -0.4 is 0 Å². The number of rotatable bonds is 6. The number of carbonyl (C=O) groups excluding carboxylic acids is 5. The summed E-state index contributed by atoms with van der Waals surface area (Å²) < 4.78 is 8.17. The minimum atomic E-state index is -1.19. The van der Waals surface area contributed by atoms with E-state index in [1.807, 2.05) is 0 Å². The van der Waals surface area contributed by atoms with Gasteiger partial charge in [-0.05, 0) is 0 Å². The van der Waals surface area contributed by atoms with Gasteiger partial charge in [0.1, 0.15) is 0 Å². The summed E-state index contributed by atoms with van der Waals surface area (Å²) in [4.78, 5) is 50.5. The van der Waals surface area contributed by atoms with E-state index < -0.39 is 30.9 Å². The summed E-state index contributed by atoms with van der Waals surface area (Å²) in [7, 11) is 0. The summed E-state index contributed by atoms with van der Waals surface area (Å²) in [5.41, 5.74) is 0. The van der Waals surface area contributed by atoms with Gasteiger partial charge in [-0.15, -0.1) is 0 Å². The highest BCUT2D eigenvalue weighted by Crippen LogP contribution is 1.81. The lowest BCUT2D eigenvalue weighted by Gasteiger charge is -2.00. The fraction of sp³-hybridized carbons (Fsp3) is 0.286. The Bertz CT molecular complexity index is 241. The van der Waals surface area contributed by atoms with Crippen molar-refractivity contribution in [3.05, 3.63) is 0 Å². The van der Waals surface area contributed by atoms with Crippen LogP contribution in [0.15, 0.2) is 0 Å². The zero-order valence-corrected chi connectivity index (χ0v) is 6.93. The first-order valence-corrected chi connectivity index (χ1v) is 3.35. The molecule has 76 valence electrons. The Morgan fingerprint density at radius 1 is 0.857 bits per heavy atom. The van der Waals surface area contributed by atoms with Gasteiger partial charge >= 0.3 is 11.9 Å². The van der Waals surface area contributed by atoms with E-state index in [0.717, 1.165) is 0 Å². The van der Waals surface area contributed by atoms with Crippen LogP contribution in [0, 0.1) is 0 Å². The van der Waals surface area contributed by atoms with E-state index in [4.69, 9.17) is 0 Å². The Morgan fingerprint density at radius 3 is 1.50 bits per heavy atom. The fourth-order valence-electron chi connectivity index (χ4n) is 0.413. The van der Waals surface area contributed by atoms with Gasteiger partial charge in [-0.2, -0.15) is 0 Å². The molecule has 0 aromatic rings. The Morgan fingerprint density at radius 2 is 1.21 bits per heavy atom. The molecular formula is C7H6O7. The minimum Gasteiger partial charge on any atom is -0.452 e. The normalized spacial score (nSPS) is 8.57. The van der Waals surface area contributed by atoms with Crippen LogP contribution in [-0.2, 0) is 33.4 Å². The van der Waals surface area contributed by atoms with E-state index in [0.29, 0.717) is 0 Å². The first kappa shape index (κ1) is 11.9. The van der Waals surface area contributed by atoms with Crippen molar-refractivity contribution in [2.75, 3.05) is 13.2 Å². The van der Waals surface area contributed by atoms with Crippen LogP contribution in [0.5, 0.6) is 0 Å². The summed E-state index contributed by atoms with van der Waals surface area (Å²) in [6, 6.07) is 0. The van der Waals surface area contributed by atoms with Gasteiger partial charge in [0.2, 0.25) is 18.4 Å². The van der Waals surface area contributed by atoms with E-state index in [-0.39, 0.29) is 12.6 Å². The predicted octanol–water partition coefficient (Wildman–Crippen LogP) is -1.96. The quantitative estimate of drug-likeness (QED) is 0.280. The van der Waals surface area contributed by atoms with Crippen molar-refractivity contribution in [2.45, 2.75) is 0 Å². The minimum absolute atomic E-state index is 0.106. The highest BCUT2D eigenvalue weighted by Gasteiger charge is 2.08. The molecule has 0 aromatic carbocycles. The molecule has 0 atom stereocenters. The van der Waals surface area contributed by atoms with E-state index in [1.165, 1.54) is 0 Å². The summed E-state index contributed by atoms with van der Waals surface area (Å²) in [5, 5.41) is 0. The number of ether oxygens (including phenoxy) is 2. The van der Waals surface area contributed by atoms with Crippen LogP contribution in [-0.4, -0.2) is 43.5 Å². The molecule has 0 saturated carbocycles. The molecular weight excluding hydrogens is 196 g/mol. The van der Waals surface area contributed by atoms with Crippen LogP contribution in [0.1, 0.15) is 0 Å². The molecule has 14 heavy (non-hydrogen) atoms. The molecule has 0 N–H and O–H groups in total. The Kier molecular flexibility index (Phi) is 5.52. The highest BCUT2D eigenvalue weighted by atomic mass is 16.6. The van der Waals surface area contributed by atoms with E-state index in [1.54, 1.807) is 0 Å². The summed E-state index contributed by atoms with van der Waals surface area (Å²) >= 11 is 0. The van der Waals surface area contributed by atoms with Crippen molar-refractivity contribution in [3.8, 4) is 0 Å². The zero-order valence-electron chi connectivity index (χ0n) is 6.93. The lowest BCUT2D eigenvalue weighted by Crippen LogP contribution is -2.21. The second-order valence-electron chi connectivity index (χ2n) is 1.99. The highest BCUT2D eigenvalue weighted by molar-refractivity contribution is 6.21. The molecule has 0 heterocycles. The Balaban J connectivity index is 3.66. The number of Topliss-reactive ketones (excluding diaryl/α,β-unsaturated/α-hetero) is 1. The van der Waals surface area contributed by atoms with Crippen molar-refractivity contribution >= 4 is 30.3 Å². The van der Waals surface area contributed by atoms with Gasteiger partial charge in [0, 0.05) is 0 Å². The average Bonchev–Trinajstić information content (AvgIpc) is 2.22. The molecule has 0 rings (SSSR count). The van der Waals surface area contributed by atoms with Gasteiger partial charge in [-0.1, -0.05) is 0 Å². The molecule has 0 aromatic heterocycles. The third-order valence-corrected chi connectivity index (χ3v) is 0.943. The van der Waals surface area contributed by atoms with E-state index in [2.05, 4.69) is 9.47 Å². The van der Waals surface area contributed by atoms with Gasteiger partial charge in [0.15, 0.2) is 13.2 Å². The third-order valence-electron chi connectivity index (χ3n) is 0.943. The molecule has 0 bridgehead atoms. The van der Waals surface area contributed by atoms with Crippen molar-refractivity contribution < 1.29 is 33.4 Å². The van der Waals surface area contributed by atoms with Crippen molar-refractivity contribution in [1.29, 1.82) is 0 Å². The van der Waals surface area contributed by atoms with Crippen molar-refractivity contribution in [2.24, 2.45) is 0 Å². The molecule has 0 radical (unpaired) electrons. The van der Waals surface area contributed by atoms with Crippen LogP contribution in [0.2, 0.25) is 0 Å². The standard InChI is InChI=1S/C7H6O7/c8-1-6(11)13-3-5(10)4-14-7(12)2-9/h1-2H,3-4H2. The first-order valence-electron chi connectivity index (χ1n) is 3.35. The van der Waals surface area contributed by atoms with Gasteiger partial charge in [0.05, 0.1) is 0 Å². The van der Waals surface area contributed by atoms with E-state index >= 15 is 0 Å². The summed E-state index contributed by atoms with van der Waals surface area (Å²) in [5.74, 6) is -3.13. The molecule has 0 aliphatic rings. The lowest BCUT2D eigenvalue weighted by molar-refractivity contribution is -0.155. The van der Waals surface area contributed by atoms with Crippen LogP contribution in [0.3, 0.4) is 0 Å². The SMILES string of the molecule is O=CC(=O)OCC(=O)COC(=O)C=O. The maximum absolute atomic E-state index is 10.7. The number of esters is 2. The first-order chi connectivity index (χ1) is 6.60. The zero-order chi connectivity index (χ0) is 11.0. The van der Waals surface area contributed by atoms with Crippen molar-refractivity contribution in [3.63, 3.8) is 0 Å². The van der Waals surface area contributed by atoms with Gasteiger partial charge < -0.3 is 9.47 Å². The molecule has 0 amide bonds. The van der Waals surface area contributed by atoms with Gasteiger partial charge in [-0.3, -0.25) is 14.4 Å². The van der Waals surface area contributed by atoms with Crippen LogP contribution in [0.25, 0.3) is 0 Å². The van der Waals surface area contributed by atoms with Crippen LogP contribution >= 0.6 is 0 Å². The number of hydrogen-bond acceptors (Lipinski definition) is 7. The lowest BCUT2D eigenvalue weighted by atomic mass is 10.4. The third kappa shape index (κ3) is 5.58. The Labute approximate surface area is 78.0 Å². The molecule has 7 heteroatoms. The predicted molar refractivity (Wildman–Crippen MR) is 39.1 cm³/mol. The molecule has 0 spiro atoms. The molecule has 0 fully saturated rings. The molecule has 0 aliphatic carbocycles. The summed E-state index contributed by atoms with van der Waals surface area (Å²) in [6.45, 7) is -1.35. The van der Waals surface area contributed by atoms with Crippen LogP contribution in [0.4, 0.5) is 0 Å².